The van der Waals surface area contributed by atoms with Crippen molar-refractivity contribution in [2.24, 2.45) is 0 Å². The van der Waals surface area contributed by atoms with Crippen LogP contribution in [0, 0.1) is 5.82 Å². The third-order valence-corrected chi connectivity index (χ3v) is 7.31. The molecule has 0 spiro atoms. The summed E-state index contributed by atoms with van der Waals surface area (Å²) in [5.41, 5.74) is 3.10. The summed E-state index contributed by atoms with van der Waals surface area (Å²) in [5, 5.41) is 6.40. The highest BCUT2D eigenvalue weighted by molar-refractivity contribution is 8.00. The van der Waals surface area contributed by atoms with Gasteiger partial charge in [0, 0.05) is 23.4 Å². The van der Waals surface area contributed by atoms with Crippen molar-refractivity contribution in [2.75, 3.05) is 16.0 Å². The van der Waals surface area contributed by atoms with E-state index in [4.69, 9.17) is 0 Å². The van der Waals surface area contributed by atoms with Gasteiger partial charge < -0.3 is 10.2 Å². The summed E-state index contributed by atoms with van der Waals surface area (Å²) in [6.07, 6.45) is 1.72. The summed E-state index contributed by atoms with van der Waals surface area (Å²) in [6.45, 7) is 1.87. The van der Waals surface area contributed by atoms with E-state index in [-0.39, 0.29) is 35.8 Å². The first kappa shape index (κ1) is 21.5. The lowest BCUT2D eigenvalue weighted by Crippen LogP contribution is -2.40. The van der Waals surface area contributed by atoms with Crippen LogP contribution in [-0.2, 0) is 9.59 Å². The monoisotopic (exact) mass is 478 g/mol. The zero-order valence-electron chi connectivity index (χ0n) is 17.6. The van der Waals surface area contributed by atoms with Crippen molar-refractivity contribution in [3.8, 4) is 11.1 Å². The maximum Gasteiger partial charge on any atom is 0.237 e. The first-order valence-electron chi connectivity index (χ1n) is 10.3. The second-order valence-electron chi connectivity index (χ2n) is 7.69. The SMILES string of the molecule is C[C@@H]1CC(=O)Nc2ccccc2N1C(=O)CSc1ncnc2scc(-c3ccc(F)cc3)c12. The number of hydrogen-bond acceptors (Lipinski definition) is 6. The Labute approximate surface area is 197 Å². The minimum Gasteiger partial charge on any atom is -0.324 e. The number of carbonyl (C=O) groups is 2. The molecule has 0 unspecified atom stereocenters. The molecule has 0 fully saturated rings. The number of anilines is 2. The largest absolute Gasteiger partial charge is 0.324 e. The molecule has 1 atom stereocenters. The Morgan fingerprint density at radius 3 is 2.82 bits per heavy atom. The van der Waals surface area contributed by atoms with Gasteiger partial charge in [-0.25, -0.2) is 14.4 Å². The highest BCUT2D eigenvalue weighted by Crippen LogP contribution is 2.38. The molecule has 3 heterocycles. The third-order valence-electron chi connectivity index (χ3n) is 5.45. The van der Waals surface area contributed by atoms with Crippen LogP contribution in [0.2, 0.25) is 0 Å². The van der Waals surface area contributed by atoms with Gasteiger partial charge in [0.2, 0.25) is 11.8 Å². The van der Waals surface area contributed by atoms with E-state index >= 15 is 0 Å². The lowest BCUT2D eigenvalue weighted by molar-refractivity contribution is -0.117. The standard InChI is InChI=1S/C24H19FN4O2S2/c1-14-10-20(30)28-18-4-2-3-5-19(18)29(14)21(31)12-33-24-22-17(11-32-23(22)26-13-27-24)15-6-8-16(25)9-7-15/h2-9,11,13-14H,10,12H2,1H3,(H,28,30)/t14-/m1/s1. The Bertz CT molecular complexity index is 1360. The number of carbonyl (C=O) groups excluding carboxylic acids is 2. The van der Waals surface area contributed by atoms with E-state index in [1.165, 1.54) is 41.6 Å². The summed E-state index contributed by atoms with van der Waals surface area (Å²) < 4.78 is 13.4. The van der Waals surface area contributed by atoms with Gasteiger partial charge >= 0.3 is 0 Å². The van der Waals surface area contributed by atoms with Gasteiger partial charge in [-0.1, -0.05) is 36.0 Å². The molecule has 0 aliphatic carbocycles. The van der Waals surface area contributed by atoms with Crippen molar-refractivity contribution in [3.05, 3.63) is 66.1 Å². The molecular weight excluding hydrogens is 459 g/mol. The van der Waals surface area contributed by atoms with Crippen LogP contribution in [0.3, 0.4) is 0 Å². The van der Waals surface area contributed by atoms with E-state index in [1.807, 2.05) is 30.5 Å². The van der Waals surface area contributed by atoms with Crippen LogP contribution >= 0.6 is 23.1 Å². The summed E-state index contributed by atoms with van der Waals surface area (Å²) in [5.74, 6) is -0.369. The molecule has 0 saturated carbocycles. The molecule has 2 aromatic carbocycles. The molecule has 4 aromatic rings. The summed E-state index contributed by atoms with van der Waals surface area (Å²) in [7, 11) is 0. The van der Waals surface area contributed by atoms with Gasteiger partial charge in [0.15, 0.2) is 0 Å². The van der Waals surface area contributed by atoms with Crippen molar-refractivity contribution >= 4 is 56.5 Å². The minimum atomic E-state index is -0.297. The second-order valence-corrected chi connectivity index (χ2v) is 9.51. The van der Waals surface area contributed by atoms with Crippen LogP contribution in [0.4, 0.5) is 15.8 Å². The Balaban J connectivity index is 1.44. The minimum absolute atomic E-state index is 0.109. The summed E-state index contributed by atoms with van der Waals surface area (Å²) in [4.78, 5) is 36.9. The summed E-state index contributed by atoms with van der Waals surface area (Å²) in [6, 6.07) is 13.3. The van der Waals surface area contributed by atoms with Crippen molar-refractivity contribution in [1.29, 1.82) is 0 Å². The highest BCUT2D eigenvalue weighted by Gasteiger charge is 2.29. The maximum absolute atomic E-state index is 13.4. The fourth-order valence-corrected chi connectivity index (χ4v) is 5.82. The number of hydrogen-bond donors (Lipinski definition) is 1. The smallest absolute Gasteiger partial charge is 0.237 e. The Hall–Kier alpha value is -3.30. The molecule has 2 amide bonds. The van der Waals surface area contributed by atoms with Crippen LogP contribution in [-0.4, -0.2) is 33.6 Å². The van der Waals surface area contributed by atoms with E-state index in [0.717, 1.165) is 21.3 Å². The average Bonchev–Trinajstić information content (AvgIpc) is 3.19. The van der Waals surface area contributed by atoms with E-state index in [0.29, 0.717) is 16.4 Å². The maximum atomic E-state index is 13.4. The van der Waals surface area contributed by atoms with E-state index in [9.17, 15) is 14.0 Å². The van der Waals surface area contributed by atoms with Crippen molar-refractivity contribution in [2.45, 2.75) is 24.4 Å². The molecule has 33 heavy (non-hydrogen) atoms. The number of para-hydroxylation sites is 2. The molecule has 166 valence electrons. The number of nitrogens with zero attached hydrogens (tertiary/aromatic N) is 3. The van der Waals surface area contributed by atoms with Gasteiger partial charge in [-0.3, -0.25) is 9.59 Å². The Morgan fingerprint density at radius 1 is 1.21 bits per heavy atom. The Kier molecular flexibility index (Phi) is 5.82. The predicted molar refractivity (Wildman–Crippen MR) is 130 cm³/mol. The number of benzene rings is 2. The van der Waals surface area contributed by atoms with E-state index in [1.54, 1.807) is 23.1 Å². The van der Waals surface area contributed by atoms with Crippen molar-refractivity contribution in [1.82, 2.24) is 9.97 Å². The number of thioether (sulfide) groups is 1. The topological polar surface area (TPSA) is 75.2 Å². The number of halogens is 1. The zero-order valence-corrected chi connectivity index (χ0v) is 19.3. The summed E-state index contributed by atoms with van der Waals surface area (Å²) >= 11 is 2.82. The molecule has 6 nitrogen and oxygen atoms in total. The molecule has 1 aliphatic rings. The third kappa shape index (κ3) is 4.21. The lowest BCUT2D eigenvalue weighted by Gasteiger charge is -2.27. The lowest BCUT2D eigenvalue weighted by atomic mass is 10.1. The van der Waals surface area contributed by atoms with Crippen molar-refractivity contribution in [3.63, 3.8) is 0 Å². The van der Waals surface area contributed by atoms with Gasteiger partial charge in [-0.05, 0) is 36.8 Å². The molecule has 5 rings (SSSR count). The molecule has 0 radical (unpaired) electrons. The van der Waals surface area contributed by atoms with Gasteiger partial charge in [0.05, 0.1) is 22.5 Å². The number of fused-ring (bicyclic) bond motifs is 2. The van der Waals surface area contributed by atoms with Crippen LogP contribution in [0.25, 0.3) is 21.3 Å². The molecule has 9 heteroatoms. The van der Waals surface area contributed by atoms with Gasteiger partial charge in [0.1, 0.15) is 22.0 Å². The molecule has 0 bridgehead atoms. The Morgan fingerprint density at radius 2 is 2.00 bits per heavy atom. The first-order valence-corrected chi connectivity index (χ1v) is 12.2. The van der Waals surface area contributed by atoms with E-state index in [2.05, 4.69) is 15.3 Å². The fourth-order valence-electron chi connectivity index (χ4n) is 3.97. The molecule has 1 N–H and O–H groups in total. The number of amides is 2. The van der Waals surface area contributed by atoms with Gasteiger partial charge in [-0.2, -0.15) is 0 Å². The second kappa shape index (κ2) is 8.92. The zero-order chi connectivity index (χ0) is 22.9. The first-order chi connectivity index (χ1) is 16.0. The number of thiophene rings is 1. The fraction of sp³-hybridized carbons (Fsp3) is 0.167. The average molecular weight is 479 g/mol. The van der Waals surface area contributed by atoms with Crippen LogP contribution in [0.1, 0.15) is 13.3 Å². The molecular formula is C24H19FN4O2S2. The number of rotatable bonds is 4. The van der Waals surface area contributed by atoms with Crippen LogP contribution in [0.5, 0.6) is 0 Å². The number of nitrogens with one attached hydrogen (secondary N) is 1. The van der Waals surface area contributed by atoms with Gasteiger partial charge in [-0.15, -0.1) is 11.3 Å². The molecule has 1 aliphatic heterocycles. The normalized spacial score (nSPS) is 15.8. The highest BCUT2D eigenvalue weighted by atomic mass is 32.2. The quantitative estimate of drug-likeness (QED) is 0.316. The molecule has 2 aromatic heterocycles. The van der Waals surface area contributed by atoms with E-state index < -0.39 is 0 Å². The molecule has 0 saturated heterocycles. The van der Waals surface area contributed by atoms with Gasteiger partial charge in [0.25, 0.3) is 0 Å². The number of aromatic nitrogens is 2. The predicted octanol–water partition coefficient (Wildman–Crippen LogP) is 5.35. The van der Waals surface area contributed by atoms with Crippen LogP contribution in [0.15, 0.2) is 65.3 Å². The van der Waals surface area contributed by atoms with Crippen molar-refractivity contribution < 1.29 is 14.0 Å². The van der Waals surface area contributed by atoms with Crippen LogP contribution < -0.4 is 10.2 Å².